The van der Waals surface area contributed by atoms with Crippen LogP contribution in [0.15, 0.2) is 23.9 Å². The van der Waals surface area contributed by atoms with Gasteiger partial charge in [0, 0.05) is 12.6 Å². The second-order valence-electron chi connectivity index (χ2n) is 1.92. The van der Waals surface area contributed by atoms with Crippen LogP contribution in [-0.2, 0) is 4.79 Å². The highest BCUT2D eigenvalue weighted by Gasteiger charge is 1.94. The average molecular weight is 139 g/mol. The number of hydrogen-bond acceptors (Lipinski definition) is 2. The van der Waals surface area contributed by atoms with Crippen molar-refractivity contribution < 1.29 is 4.79 Å². The molecule has 0 atom stereocenters. The maximum Gasteiger partial charge on any atom is 0.159 e. The van der Waals surface area contributed by atoms with E-state index in [0.717, 1.165) is 5.57 Å². The molecule has 1 N–H and O–H groups in total. The van der Waals surface area contributed by atoms with Crippen LogP contribution in [0.1, 0.15) is 13.8 Å². The summed E-state index contributed by atoms with van der Waals surface area (Å²) in [5.74, 6) is 0.0917. The van der Waals surface area contributed by atoms with Crippen molar-refractivity contribution >= 4 is 5.78 Å². The van der Waals surface area contributed by atoms with Crippen molar-refractivity contribution in [2.45, 2.75) is 13.8 Å². The number of allylic oxidation sites excluding steroid dienone is 3. The molecule has 56 valence electrons. The van der Waals surface area contributed by atoms with Crippen LogP contribution >= 0.6 is 0 Å². The Hall–Kier alpha value is -1.05. The Bertz CT molecular complexity index is 168. The van der Waals surface area contributed by atoms with E-state index in [4.69, 9.17) is 0 Å². The molecule has 0 heterocycles. The minimum Gasteiger partial charge on any atom is -0.394 e. The van der Waals surface area contributed by atoms with Gasteiger partial charge in [0.05, 0.1) is 0 Å². The molecule has 0 spiro atoms. The fraction of sp³-hybridized carbons (Fsp3) is 0.375. The molecule has 0 aromatic rings. The second kappa shape index (κ2) is 4.79. The van der Waals surface area contributed by atoms with Crippen LogP contribution in [0.5, 0.6) is 0 Å². The van der Waals surface area contributed by atoms with E-state index in [1.807, 2.05) is 6.92 Å². The lowest BCUT2D eigenvalue weighted by Gasteiger charge is -1.92. The lowest BCUT2D eigenvalue weighted by atomic mass is 10.2. The Kier molecular flexibility index (Phi) is 4.29. The Morgan fingerprint density at radius 2 is 2.10 bits per heavy atom. The van der Waals surface area contributed by atoms with E-state index in [1.165, 1.54) is 0 Å². The van der Waals surface area contributed by atoms with Gasteiger partial charge < -0.3 is 5.32 Å². The Labute approximate surface area is 61.6 Å². The fourth-order valence-electron chi connectivity index (χ4n) is 0.590. The highest BCUT2D eigenvalue weighted by molar-refractivity contribution is 5.95. The van der Waals surface area contributed by atoms with Crippen molar-refractivity contribution in [3.05, 3.63) is 23.9 Å². The number of carbonyl (C=O) groups is 1. The molecule has 0 aromatic carbocycles. The van der Waals surface area contributed by atoms with Crippen LogP contribution in [0.2, 0.25) is 0 Å². The minimum absolute atomic E-state index is 0.0917. The number of hydrogen-bond donors (Lipinski definition) is 1. The Morgan fingerprint density at radius 1 is 1.50 bits per heavy atom. The van der Waals surface area contributed by atoms with Gasteiger partial charge in [0.25, 0.3) is 0 Å². The van der Waals surface area contributed by atoms with Gasteiger partial charge in [-0.2, -0.15) is 0 Å². The molecule has 2 heteroatoms. The molecule has 0 aliphatic heterocycles. The summed E-state index contributed by atoms with van der Waals surface area (Å²) in [5.41, 5.74) is 0.731. The standard InChI is InChI=1S/C8H13NO/c1-4-8(7(2)10)5-6-9-3/h4-6,9H,1-3H3/b6-5-,8-4+. The number of Topliss-reactive ketones (excluding diaryl/α,β-unsaturated/α-hetero) is 1. The second-order valence-corrected chi connectivity index (χ2v) is 1.92. The molecule has 0 rings (SSSR count). The predicted molar refractivity (Wildman–Crippen MR) is 42.6 cm³/mol. The monoisotopic (exact) mass is 139 g/mol. The van der Waals surface area contributed by atoms with Gasteiger partial charge in [0.2, 0.25) is 0 Å². The summed E-state index contributed by atoms with van der Waals surface area (Å²) >= 11 is 0. The third kappa shape index (κ3) is 3.07. The van der Waals surface area contributed by atoms with Gasteiger partial charge in [0.15, 0.2) is 5.78 Å². The number of carbonyl (C=O) groups excluding carboxylic acids is 1. The molecule has 0 saturated heterocycles. The maximum absolute atomic E-state index is 10.7. The van der Waals surface area contributed by atoms with Gasteiger partial charge >= 0.3 is 0 Å². The first-order valence-corrected chi connectivity index (χ1v) is 3.23. The van der Waals surface area contributed by atoms with Crippen LogP contribution in [0.25, 0.3) is 0 Å². The maximum atomic E-state index is 10.7. The van der Waals surface area contributed by atoms with E-state index in [0.29, 0.717) is 0 Å². The van der Waals surface area contributed by atoms with Crippen molar-refractivity contribution in [2.75, 3.05) is 7.05 Å². The molecule has 0 fully saturated rings. The topological polar surface area (TPSA) is 29.1 Å². The van der Waals surface area contributed by atoms with Crippen molar-refractivity contribution in [1.82, 2.24) is 5.32 Å². The molecular weight excluding hydrogens is 126 g/mol. The Balaban J connectivity index is 4.12. The molecule has 0 saturated carbocycles. The van der Waals surface area contributed by atoms with Crippen molar-refractivity contribution in [1.29, 1.82) is 0 Å². The summed E-state index contributed by atoms with van der Waals surface area (Å²) in [5, 5.41) is 2.81. The smallest absolute Gasteiger partial charge is 0.159 e. The molecule has 0 amide bonds. The summed E-state index contributed by atoms with van der Waals surface area (Å²) in [4.78, 5) is 10.7. The summed E-state index contributed by atoms with van der Waals surface area (Å²) < 4.78 is 0. The highest BCUT2D eigenvalue weighted by Crippen LogP contribution is 1.96. The summed E-state index contributed by atoms with van der Waals surface area (Å²) in [6.45, 7) is 3.39. The third-order valence-corrected chi connectivity index (χ3v) is 1.15. The first-order valence-electron chi connectivity index (χ1n) is 3.23. The van der Waals surface area contributed by atoms with Gasteiger partial charge in [-0.1, -0.05) is 6.08 Å². The van der Waals surface area contributed by atoms with Crippen LogP contribution in [0, 0.1) is 0 Å². The van der Waals surface area contributed by atoms with Crippen molar-refractivity contribution in [2.24, 2.45) is 0 Å². The van der Waals surface area contributed by atoms with E-state index >= 15 is 0 Å². The quantitative estimate of drug-likeness (QED) is 0.471. The number of ketones is 1. The summed E-state index contributed by atoms with van der Waals surface area (Å²) in [7, 11) is 1.80. The van der Waals surface area contributed by atoms with Crippen LogP contribution in [0.4, 0.5) is 0 Å². The molecule has 2 nitrogen and oxygen atoms in total. The molecule has 0 aliphatic rings. The molecular formula is C8H13NO. The normalized spacial score (nSPS) is 12.1. The van der Waals surface area contributed by atoms with E-state index in [2.05, 4.69) is 5.32 Å². The zero-order chi connectivity index (χ0) is 7.98. The predicted octanol–water partition coefficient (Wildman–Crippen LogP) is 1.25. The average Bonchev–Trinajstić information content (AvgIpc) is 1.89. The first-order chi connectivity index (χ1) is 4.72. The van der Waals surface area contributed by atoms with E-state index in [9.17, 15) is 4.79 Å². The van der Waals surface area contributed by atoms with Crippen molar-refractivity contribution in [3.8, 4) is 0 Å². The van der Waals surface area contributed by atoms with Crippen LogP contribution in [0.3, 0.4) is 0 Å². The lowest BCUT2D eigenvalue weighted by molar-refractivity contribution is -0.113. The summed E-state index contributed by atoms with van der Waals surface area (Å²) in [6, 6.07) is 0. The third-order valence-electron chi connectivity index (χ3n) is 1.15. The molecule has 0 aromatic heterocycles. The zero-order valence-electron chi connectivity index (χ0n) is 6.64. The molecule has 0 radical (unpaired) electrons. The fourth-order valence-corrected chi connectivity index (χ4v) is 0.590. The Morgan fingerprint density at radius 3 is 2.40 bits per heavy atom. The first kappa shape index (κ1) is 8.95. The van der Waals surface area contributed by atoms with Gasteiger partial charge in [-0.05, 0) is 26.1 Å². The molecule has 0 unspecified atom stereocenters. The van der Waals surface area contributed by atoms with Gasteiger partial charge in [0.1, 0.15) is 0 Å². The molecule has 0 aliphatic carbocycles. The lowest BCUT2D eigenvalue weighted by Crippen LogP contribution is -1.96. The SMILES string of the molecule is C/C=C(\C=C/NC)C(C)=O. The van der Waals surface area contributed by atoms with Gasteiger partial charge in [-0.15, -0.1) is 0 Å². The number of rotatable bonds is 3. The van der Waals surface area contributed by atoms with Crippen LogP contribution in [-0.4, -0.2) is 12.8 Å². The van der Waals surface area contributed by atoms with E-state index in [-0.39, 0.29) is 5.78 Å². The highest BCUT2D eigenvalue weighted by atomic mass is 16.1. The molecule has 10 heavy (non-hydrogen) atoms. The van der Waals surface area contributed by atoms with Crippen LogP contribution < -0.4 is 5.32 Å². The largest absolute Gasteiger partial charge is 0.394 e. The zero-order valence-corrected chi connectivity index (χ0v) is 6.64. The molecule has 0 bridgehead atoms. The van der Waals surface area contributed by atoms with Gasteiger partial charge in [-0.25, -0.2) is 0 Å². The van der Waals surface area contributed by atoms with Crippen molar-refractivity contribution in [3.63, 3.8) is 0 Å². The minimum atomic E-state index is 0.0917. The van der Waals surface area contributed by atoms with E-state index < -0.39 is 0 Å². The number of nitrogens with one attached hydrogen (secondary N) is 1. The van der Waals surface area contributed by atoms with E-state index in [1.54, 1.807) is 32.3 Å². The van der Waals surface area contributed by atoms with Gasteiger partial charge in [-0.3, -0.25) is 4.79 Å². The summed E-state index contributed by atoms with van der Waals surface area (Å²) in [6.07, 6.45) is 5.27.